The van der Waals surface area contributed by atoms with Crippen molar-refractivity contribution >= 4 is 40.9 Å². The molecule has 0 heterocycles. The van der Waals surface area contributed by atoms with Crippen molar-refractivity contribution < 1.29 is 14.3 Å². The fourth-order valence-electron chi connectivity index (χ4n) is 3.05. The lowest BCUT2D eigenvalue weighted by Crippen LogP contribution is -2.33. The van der Waals surface area contributed by atoms with Crippen LogP contribution in [0.5, 0.6) is 5.75 Å². The molecule has 0 aliphatic carbocycles. The van der Waals surface area contributed by atoms with Crippen LogP contribution in [0, 0.1) is 0 Å². The van der Waals surface area contributed by atoms with Crippen LogP contribution in [0.15, 0.2) is 84.9 Å². The van der Waals surface area contributed by atoms with E-state index in [0.717, 1.165) is 16.9 Å². The molecule has 6 nitrogen and oxygen atoms in total. The first kappa shape index (κ1) is 23.7. The van der Waals surface area contributed by atoms with Crippen LogP contribution in [-0.2, 0) is 4.79 Å². The zero-order valence-electron chi connectivity index (χ0n) is 18.4. The van der Waals surface area contributed by atoms with Gasteiger partial charge in [-0.25, -0.2) is 0 Å². The number of hydrogen-bond acceptors (Lipinski definition) is 4. The summed E-state index contributed by atoms with van der Waals surface area (Å²) in [6.45, 7) is 1.93. The molecule has 0 saturated carbocycles. The minimum atomic E-state index is -0.367. The van der Waals surface area contributed by atoms with Crippen molar-refractivity contribution in [2.24, 2.45) is 0 Å². The lowest BCUT2D eigenvalue weighted by Gasteiger charge is -2.15. The Morgan fingerprint density at radius 1 is 0.970 bits per heavy atom. The number of carbonyl (C=O) groups excluding carboxylic acids is 2. The van der Waals surface area contributed by atoms with Gasteiger partial charge in [0.25, 0.3) is 5.91 Å². The monoisotopic (exact) mass is 459 g/mol. The maximum absolute atomic E-state index is 12.6. The normalized spacial score (nSPS) is 11.5. The number of carbonyl (C=O) groups is 2. The van der Waals surface area contributed by atoms with Gasteiger partial charge in [0.2, 0.25) is 5.91 Å². The molecule has 0 spiro atoms. The Bertz CT molecular complexity index is 1140. The molecule has 168 valence electrons. The molecule has 0 fully saturated rings. The van der Waals surface area contributed by atoms with Gasteiger partial charge in [0.05, 0.1) is 13.2 Å². The molecule has 0 saturated heterocycles. The zero-order chi connectivity index (χ0) is 23.6. The van der Waals surface area contributed by atoms with Gasteiger partial charge in [0.1, 0.15) is 5.75 Å². The molecule has 1 unspecified atom stereocenters. The SMILES string of the molecule is COc1ccc(/C=C/C(=O)NC(=S)Nc2cccc(C(=O)NC(C)c3ccccc3)c2)cc1. The number of methoxy groups -OCH3 is 1. The van der Waals surface area contributed by atoms with Crippen LogP contribution in [0.2, 0.25) is 0 Å². The first-order valence-electron chi connectivity index (χ1n) is 10.3. The molecular formula is C26H25N3O3S. The number of hydrogen-bond donors (Lipinski definition) is 3. The van der Waals surface area contributed by atoms with Crippen LogP contribution < -0.4 is 20.7 Å². The summed E-state index contributed by atoms with van der Waals surface area (Å²) in [6.07, 6.45) is 3.07. The van der Waals surface area contributed by atoms with Crippen molar-refractivity contribution in [3.05, 3.63) is 102 Å². The van der Waals surface area contributed by atoms with E-state index < -0.39 is 0 Å². The minimum absolute atomic E-state index is 0.131. The third-order valence-electron chi connectivity index (χ3n) is 4.81. The molecule has 0 bridgehead atoms. The van der Waals surface area contributed by atoms with Gasteiger partial charge in [0, 0.05) is 17.3 Å². The third kappa shape index (κ3) is 7.29. The number of nitrogens with one attached hydrogen (secondary N) is 3. The van der Waals surface area contributed by atoms with Gasteiger partial charge in [-0.15, -0.1) is 0 Å². The quantitative estimate of drug-likeness (QED) is 0.352. The summed E-state index contributed by atoms with van der Waals surface area (Å²) in [7, 11) is 1.60. The summed E-state index contributed by atoms with van der Waals surface area (Å²) in [6, 6.07) is 23.8. The number of rotatable bonds is 7. The standard InChI is InChI=1S/C26H25N3O3S/c1-18(20-7-4-3-5-8-20)27-25(31)21-9-6-10-22(17-21)28-26(33)29-24(30)16-13-19-11-14-23(32-2)15-12-19/h3-18H,1-2H3,(H,27,31)(H2,28,29,30,33)/b16-13+. The fourth-order valence-corrected chi connectivity index (χ4v) is 3.26. The topological polar surface area (TPSA) is 79.5 Å². The first-order valence-corrected chi connectivity index (χ1v) is 10.8. The van der Waals surface area contributed by atoms with E-state index in [9.17, 15) is 9.59 Å². The van der Waals surface area contributed by atoms with Crippen molar-refractivity contribution in [3.63, 3.8) is 0 Å². The zero-order valence-corrected chi connectivity index (χ0v) is 19.2. The van der Waals surface area contributed by atoms with Gasteiger partial charge < -0.3 is 15.4 Å². The van der Waals surface area contributed by atoms with E-state index in [4.69, 9.17) is 17.0 Å². The molecule has 3 aromatic carbocycles. The Morgan fingerprint density at radius 3 is 2.39 bits per heavy atom. The number of ether oxygens (including phenoxy) is 1. The van der Waals surface area contributed by atoms with Crippen molar-refractivity contribution in [3.8, 4) is 5.75 Å². The van der Waals surface area contributed by atoms with Crippen LogP contribution in [0.4, 0.5) is 5.69 Å². The summed E-state index contributed by atoms with van der Waals surface area (Å²) in [4.78, 5) is 24.8. The molecule has 3 N–H and O–H groups in total. The molecule has 7 heteroatoms. The molecule has 3 rings (SSSR count). The van der Waals surface area contributed by atoms with Crippen LogP contribution >= 0.6 is 12.2 Å². The molecule has 0 aromatic heterocycles. The van der Waals surface area contributed by atoms with E-state index in [2.05, 4.69) is 16.0 Å². The second-order valence-electron chi connectivity index (χ2n) is 7.24. The lowest BCUT2D eigenvalue weighted by atomic mass is 10.1. The predicted molar refractivity (Wildman–Crippen MR) is 135 cm³/mol. The second kappa shape index (κ2) is 11.6. The molecule has 3 aromatic rings. The number of thiocarbonyl (C=S) groups is 1. The number of benzene rings is 3. The van der Waals surface area contributed by atoms with Crippen LogP contribution in [0.1, 0.15) is 34.5 Å². The average Bonchev–Trinajstić information content (AvgIpc) is 2.83. The summed E-state index contributed by atoms with van der Waals surface area (Å²) in [5, 5.41) is 8.64. The van der Waals surface area contributed by atoms with Crippen LogP contribution in [0.3, 0.4) is 0 Å². The van der Waals surface area contributed by atoms with Gasteiger partial charge in [-0.2, -0.15) is 0 Å². The van der Waals surface area contributed by atoms with Gasteiger partial charge in [-0.1, -0.05) is 48.5 Å². The van der Waals surface area contributed by atoms with Gasteiger partial charge in [-0.05, 0) is 66.7 Å². The molecule has 2 amide bonds. The lowest BCUT2D eigenvalue weighted by molar-refractivity contribution is -0.115. The molecular weight excluding hydrogens is 434 g/mol. The van der Waals surface area contributed by atoms with Crippen LogP contribution in [-0.4, -0.2) is 24.0 Å². The van der Waals surface area contributed by atoms with Crippen molar-refractivity contribution in [1.29, 1.82) is 0 Å². The fraction of sp³-hybridized carbons (Fsp3) is 0.115. The highest BCUT2D eigenvalue weighted by Gasteiger charge is 2.12. The third-order valence-corrected chi connectivity index (χ3v) is 5.01. The molecule has 0 aliphatic heterocycles. The van der Waals surface area contributed by atoms with E-state index in [1.54, 1.807) is 37.5 Å². The molecule has 0 aliphatic rings. The highest BCUT2D eigenvalue weighted by Crippen LogP contribution is 2.15. The Hall–Kier alpha value is -3.97. The van der Waals surface area contributed by atoms with E-state index in [0.29, 0.717) is 11.3 Å². The number of amides is 2. The smallest absolute Gasteiger partial charge is 0.251 e. The Labute approximate surface area is 198 Å². The maximum Gasteiger partial charge on any atom is 0.251 e. The largest absolute Gasteiger partial charge is 0.497 e. The van der Waals surface area contributed by atoms with Crippen molar-refractivity contribution in [2.45, 2.75) is 13.0 Å². The Kier molecular flexibility index (Phi) is 8.32. The summed E-state index contributed by atoms with van der Waals surface area (Å²) < 4.78 is 5.11. The summed E-state index contributed by atoms with van der Waals surface area (Å²) in [5.41, 5.74) is 2.95. The molecule has 1 atom stereocenters. The van der Waals surface area contributed by atoms with Gasteiger partial charge in [-0.3, -0.25) is 14.9 Å². The highest BCUT2D eigenvalue weighted by molar-refractivity contribution is 7.80. The minimum Gasteiger partial charge on any atom is -0.497 e. The molecule has 0 radical (unpaired) electrons. The second-order valence-corrected chi connectivity index (χ2v) is 7.64. The maximum atomic E-state index is 12.6. The van der Waals surface area contributed by atoms with Gasteiger partial charge in [0.15, 0.2) is 5.11 Å². The van der Waals surface area contributed by atoms with Crippen molar-refractivity contribution in [1.82, 2.24) is 10.6 Å². The Morgan fingerprint density at radius 2 is 1.70 bits per heavy atom. The van der Waals surface area contributed by atoms with Crippen molar-refractivity contribution in [2.75, 3.05) is 12.4 Å². The van der Waals surface area contributed by atoms with Crippen LogP contribution in [0.25, 0.3) is 6.08 Å². The Balaban J connectivity index is 1.54. The summed E-state index contributed by atoms with van der Waals surface area (Å²) in [5.74, 6) is 0.175. The first-order chi connectivity index (χ1) is 15.9. The van der Waals surface area contributed by atoms with E-state index in [1.807, 2.05) is 61.5 Å². The average molecular weight is 460 g/mol. The highest BCUT2D eigenvalue weighted by atomic mass is 32.1. The molecule has 33 heavy (non-hydrogen) atoms. The van der Waals surface area contributed by atoms with E-state index in [-0.39, 0.29) is 23.0 Å². The van der Waals surface area contributed by atoms with E-state index in [1.165, 1.54) is 6.08 Å². The number of anilines is 1. The predicted octanol–water partition coefficient (Wildman–Crippen LogP) is 4.71. The van der Waals surface area contributed by atoms with Gasteiger partial charge >= 0.3 is 0 Å². The van der Waals surface area contributed by atoms with E-state index >= 15 is 0 Å². The summed E-state index contributed by atoms with van der Waals surface area (Å²) >= 11 is 5.22.